The Morgan fingerprint density at radius 1 is 0.672 bits per heavy atom. The molecule has 0 N–H and O–H groups in total. The first-order valence-corrected chi connectivity index (χ1v) is 18.9. The standard InChI is InChI=1S/C56H47N3O.Pt/c1-36-27-38(3)54(60-7)50(30-36)55-58-53-49(19-14-20-52(53)59(55)48-29-37(2)28-43(34-48)39-15-10-8-11-16-39)45-31-44(40-17-12-9-13-18-40)32-46(33-45)51-35-42(25-26-57-51)41-21-23-47(24-22-41)56(4,5)6;/h8-32,34-35H,7H2,1-6H3;/q-2;+2/i2D3,4D3,5D3,6D3,21D,22D,23D,24D,25D,26D,35D;. The Bertz CT molecular complexity index is 3820. The van der Waals surface area contributed by atoms with Gasteiger partial charge >= 0.3 is 21.1 Å². The predicted octanol–water partition coefficient (Wildman–Crippen LogP) is 14.6. The summed E-state index contributed by atoms with van der Waals surface area (Å²) in [5, 5.41) is 0. The summed E-state index contributed by atoms with van der Waals surface area (Å²) in [6.07, 6.45) is -0.791. The molecule has 302 valence electrons. The van der Waals surface area contributed by atoms with E-state index in [1.165, 1.54) is 0 Å². The fourth-order valence-electron chi connectivity index (χ4n) is 7.44. The second-order valence-corrected chi connectivity index (χ2v) is 14.4. The van der Waals surface area contributed by atoms with Crippen molar-refractivity contribution >= 4 is 11.0 Å². The van der Waals surface area contributed by atoms with Crippen molar-refractivity contribution in [3.8, 4) is 78.6 Å². The van der Waals surface area contributed by atoms with E-state index in [1.54, 1.807) is 42.5 Å². The van der Waals surface area contributed by atoms with Crippen molar-refractivity contribution < 1.29 is 51.8 Å². The Labute approximate surface area is 400 Å². The van der Waals surface area contributed by atoms with Gasteiger partial charge in [0.05, 0.1) is 31.9 Å². The molecule has 0 radical (unpaired) electrons. The van der Waals surface area contributed by atoms with Crippen LogP contribution < -0.4 is 4.74 Å². The van der Waals surface area contributed by atoms with Crippen LogP contribution in [0.4, 0.5) is 0 Å². The molecule has 61 heavy (non-hydrogen) atoms. The van der Waals surface area contributed by atoms with E-state index in [0.29, 0.717) is 61.7 Å². The maximum absolute atomic E-state index is 9.67. The van der Waals surface area contributed by atoms with E-state index in [9.17, 15) is 1.37 Å². The number of nitrogens with zero attached hydrogens (tertiary/aromatic N) is 3. The zero-order valence-electron chi connectivity index (χ0n) is 51.8. The summed E-state index contributed by atoms with van der Waals surface area (Å²) < 4.78 is 172. The van der Waals surface area contributed by atoms with Crippen LogP contribution in [0, 0.1) is 33.9 Å². The number of pyridine rings is 1. The molecule has 0 atom stereocenters. The molecule has 2 aromatic heterocycles. The van der Waals surface area contributed by atoms with Gasteiger partial charge in [-0.25, -0.2) is 4.98 Å². The molecule has 0 aliphatic rings. The number of fused-ring (bicyclic) bond motifs is 1. The summed E-state index contributed by atoms with van der Waals surface area (Å²) in [4.78, 5) is 9.68. The summed E-state index contributed by atoms with van der Waals surface area (Å²) in [6.45, 7) is -10.6. The molecule has 0 aliphatic heterocycles. The van der Waals surface area contributed by atoms with E-state index in [2.05, 4.69) is 18.2 Å². The molecule has 0 aliphatic carbocycles. The average molecular weight is 992 g/mol. The Balaban J connectivity index is 0.00000841. The summed E-state index contributed by atoms with van der Waals surface area (Å²) >= 11 is 0. The number of ether oxygens (including phenoxy) is 1. The molecule has 9 rings (SSSR count). The van der Waals surface area contributed by atoms with Crippen molar-refractivity contribution in [3.63, 3.8) is 0 Å². The number of rotatable bonds is 8. The summed E-state index contributed by atoms with van der Waals surface area (Å²) in [5.41, 5.74) is -0.0751. The molecule has 4 nitrogen and oxygen atoms in total. The van der Waals surface area contributed by atoms with Gasteiger partial charge in [0.15, 0.2) is 0 Å². The molecule has 0 bridgehead atoms. The van der Waals surface area contributed by atoms with Crippen LogP contribution in [-0.4, -0.2) is 14.5 Å². The summed E-state index contributed by atoms with van der Waals surface area (Å²) in [7, 11) is 3.77. The van der Waals surface area contributed by atoms with Gasteiger partial charge in [-0.1, -0.05) is 152 Å². The molecule has 0 saturated carbocycles. The molecular formula is C56H47N3OPt. The molecule has 5 heteroatoms. The van der Waals surface area contributed by atoms with E-state index in [-0.39, 0.29) is 37.9 Å². The second-order valence-electron chi connectivity index (χ2n) is 14.4. The van der Waals surface area contributed by atoms with Crippen LogP contribution in [0.3, 0.4) is 0 Å². The number of hydrogen-bond donors (Lipinski definition) is 0. The normalized spacial score (nSPS) is 16.7. The molecule has 0 unspecified atom stereocenters. The maximum atomic E-state index is 9.67. The van der Waals surface area contributed by atoms with E-state index >= 15 is 0 Å². The minimum absolute atomic E-state index is 0. The van der Waals surface area contributed by atoms with E-state index in [0.717, 1.165) is 16.7 Å². The van der Waals surface area contributed by atoms with Gasteiger partial charge in [0.1, 0.15) is 5.82 Å². The summed E-state index contributed by atoms with van der Waals surface area (Å²) in [6, 6.07) is 33.0. The maximum Gasteiger partial charge on any atom is 2.00 e. The molecule has 7 aromatic carbocycles. The third kappa shape index (κ3) is 8.26. The first-order chi connectivity index (χ1) is 36.9. The van der Waals surface area contributed by atoms with Crippen LogP contribution in [0.2, 0.25) is 0 Å². The quantitative estimate of drug-likeness (QED) is 0.142. The third-order valence-corrected chi connectivity index (χ3v) is 10.1. The molecule has 0 amide bonds. The van der Waals surface area contributed by atoms with Crippen LogP contribution >= 0.6 is 0 Å². The minimum atomic E-state index is -3.95. The number of para-hydroxylation sites is 1. The van der Waals surface area contributed by atoms with Gasteiger partial charge in [-0.3, -0.25) is 9.55 Å². The van der Waals surface area contributed by atoms with Gasteiger partial charge in [-0.15, -0.1) is 23.8 Å². The zero-order valence-corrected chi connectivity index (χ0v) is 35.1. The molecule has 0 saturated heterocycles. The van der Waals surface area contributed by atoms with Crippen molar-refractivity contribution in [2.75, 3.05) is 0 Å². The molecule has 2 heterocycles. The Morgan fingerprint density at radius 2 is 1.38 bits per heavy atom. The van der Waals surface area contributed by atoms with Gasteiger partial charge in [-0.2, -0.15) is 7.11 Å². The second kappa shape index (κ2) is 17.0. The summed E-state index contributed by atoms with van der Waals surface area (Å²) in [5.74, 6) is 0.772. The van der Waals surface area contributed by atoms with E-state index in [4.69, 9.17) is 34.4 Å². The van der Waals surface area contributed by atoms with E-state index in [1.807, 2.05) is 97.3 Å². The molecule has 0 spiro atoms. The zero-order chi connectivity index (χ0) is 57.6. The van der Waals surface area contributed by atoms with Crippen molar-refractivity contribution in [1.29, 1.82) is 0 Å². The van der Waals surface area contributed by atoms with Gasteiger partial charge in [0.2, 0.25) is 0 Å². The third-order valence-electron chi connectivity index (χ3n) is 10.1. The van der Waals surface area contributed by atoms with Gasteiger partial charge in [0, 0.05) is 34.0 Å². The molecular weight excluding hydrogens is 926 g/mol. The van der Waals surface area contributed by atoms with Crippen molar-refractivity contribution in [3.05, 3.63) is 199 Å². The van der Waals surface area contributed by atoms with Crippen molar-refractivity contribution in [2.45, 2.75) is 46.7 Å². The first-order valence-electron chi connectivity index (χ1n) is 28.4. The van der Waals surface area contributed by atoms with Crippen LogP contribution in [0.5, 0.6) is 5.75 Å². The van der Waals surface area contributed by atoms with Crippen LogP contribution in [-0.2, 0) is 26.5 Å². The Hall–Kier alpha value is -6.35. The molecule has 9 aromatic rings. The van der Waals surface area contributed by atoms with Crippen LogP contribution in [0.25, 0.3) is 83.9 Å². The van der Waals surface area contributed by atoms with Crippen molar-refractivity contribution in [1.82, 2.24) is 14.5 Å². The topological polar surface area (TPSA) is 39.9 Å². The smallest absolute Gasteiger partial charge is 0.665 e. The number of imidazole rings is 1. The Kier molecular flexibility index (Phi) is 6.72. The first kappa shape index (κ1) is 24.2. The molecule has 0 fully saturated rings. The van der Waals surface area contributed by atoms with Crippen LogP contribution in [0.1, 0.15) is 68.9 Å². The number of hydrogen-bond acceptors (Lipinski definition) is 3. The van der Waals surface area contributed by atoms with Gasteiger partial charge in [-0.05, 0) is 106 Å². The number of aromatic nitrogens is 3. The van der Waals surface area contributed by atoms with E-state index < -0.39 is 91.9 Å². The largest absolute Gasteiger partial charge is 2.00 e. The number of aryl methyl sites for hydroxylation is 3. The van der Waals surface area contributed by atoms with Gasteiger partial charge in [0.25, 0.3) is 0 Å². The predicted molar refractivity (Wildman–Crippen MR) is 249 cm³/mol. The van der Waals surface area contributed by atoms with Crippen LogP contribution in [0.15, 0.2) is 164 Å². The van der Waals surface area contributed by atoms with Gasteiger partial charge < -0.3 is 4.74 Å². The monoisotopic (exact) mass is 991 g/mol. The minimum Gasteiger partial charge on any atom is -0.665 e. The fraction of sp³-hybridized carbons (Fsp3) is 0.125. The SMILES string of the molecule is [2H]c1nc(-c2[c-]c(-c3cccc4c3nc(-c3cc(C)cc(C)c3O[CH2-])n4-c3cc(-c4ccccc4)cc(C([2H])([2H])[2H])c3)cc(-c3ccccc3)c2)c([2H])c(-c2c([2H])c([2H])c(C(C([2H])([2H])[2H])(C([2H])([2H])[2H])C([2H])([2H])[2H])c([2H])c2[2H])c1[2H].[Pt+2]. The Morgan fingerprint density at radius 3 is 2.07 bits per heavy atom. The van der Waals surface area contributed by atoms with Crippen molar-refractivity contribution in [2.24, 2.45) is 0 Å². The fourth-order valence-corrected chi connectivity index (χ4v) is 7.44. The number of benzene rings is 7. The average Bonchev–Trinajstić information content (AvgIpc) is 3.84.